The van der Waals surface area contributed by atoms with Crippen LogP contribution in [0.4, 0.5) is 0 Å². The minimum Gasteiger partial charge on any atom is -0.497 e. The Morgan fingerprint density at radius 1 is 1.30 bits per heavy atom. The summed E-state index contributed by atoms with van der Waals surface area (Å²) in [5.41, 5.74) is 1.54. The summed E-state index contributed by atoms with van der Waals surface area (Å²) >= 11 is 11.6. The van der Waals surface area contributed by atoms with Crippen molar-refractivity contribution in [1.82, 2.24) is 0 Å². The molecule has 2 aromatic rings. The maximum absolute atomic E-state index is 12.4. The zero-order valence-electron chi connectivity index (χ0n) is 10.6. The van der Waals surface area contributed by atoms with Gasteiger partial charge in [-0.2, -0.15) is 0 Å². The molecule has 0 N–H and O–H groups in total. The number of Topliss-reactive ketones (excluding diaryl/α,β-unsaturated/α-hetero) is 1. The van der Waals surface area contributed by atoms with Gasteiger partial charge in [0, 0.05) is 25.0 Å². The van der Waals surface area contributed by atoms with Crippen molar-refractivity contribution < 1.29 is 9.53 Å². The van der Waals surface area contributed by atoms with Crippen LogP contribution in [-0.2, 0) is 6.42 Å². The summed E-state index contributed by atoms with van der Waals surface area (Å²) < 4.78 is 6.98. The smallest absolute Gasteiger partial charge is 0.168 e. The van der Waals surface area contributed by atoms with Crippen LogP contribution < -0.4 is 4.74 Å². The van der Waals surface area contributed by atoms with Gasteiger partial charge in [0.05, 0.1) is 7.11 Å². The fourth-order valence-electron chi connectivity index (χ4n) is 1.79. The molecule has 0 saturated carbocycles. The van der Waals surface area contributed by atoms with Crippen LogP contribution in [0, 0.1) is 3.57 Å². The lowest BCUT2D eigenvalue weighted by Gasteiger charge is -2.08. The summed E-state index contributed by atoms with van der Waals surface area (Å²) in [6.07, 6.45) is 0.300. The van der Waals surface area contributed by atoms with Gasteiger partial charge < -0.3 is 4.74 Å². The largest absolute Gasteiger partial charge is 0.497 e. The highest BCUT2D eigenvalue weighted by Gasteiger charge is 2.13. The predicted molar refractivity (Wildman–Crippen MR) is 92.9 cm³/mol. The topological polar surface area (TPSA) is 26.3 Å². The molecule has 0 bridgehead atoms. The highest BCUT2D eigenvalue weighted by molar-refractivity contribution is 14.1. The van der Waals surface area contributed by atoms with Gasteiger partial charge in [-0.05, 0) is 64.6 Å². The van der Waals surface area contributed by atoms with Gasteiger partial charge in [-0.3, -0.25) is 4.79 Å². The summed E-state index contributed by atoms with van der Waals surface area (Å²) in [7, 11) is 1.61. The number of methoxy groups -OCH3 is 1. The highest BCUT2D eigenvalue weighted by atomic mass is 127. The Bertz CT molecular complexity index is 658. The summed E-state index contributed by atoms with van der Waals surface area (Å²) in [4.78, 5) is 12.4. The van der Waals surface area contributed by atoms with E-state index < -0.39 is 0 Å². The number of ketones is 1. The molecule has 0 aliphatic heterocycles. The lowest BCUT2D eigenvalue weighted by atomic mass is 10.0. The second kappa shape index (κ2) is 6.91. The lowest BCUT2D eigenvalue weighted by Crippen LogP contribution is -2.06. The minimum atomic E-state index is 0.0332. The molecule has 2 nitrogen and oxygen atoms in total. The average molecular weight is 466 g/mol. The molecule has 0 heterocycles. The molecule has 0 amide bonds. The van der Waals surface area contributed by atoms with Crippen LogP contribution in [0.1, 0.15) is 15.9 Å². The third-order valence-electron chi connectivity index (χ3n) is 2.83. The first-order valence-electron chi connectivity index (χ1n) is 5.82. The molecular weight excluding hydrogens is 454 g/mol. The number of benzene rings is 2. The summed E-state index contributed by atoms with van der Waals surface area (Å²) in [6.45, 7) is 0. The van der Waals surface area contributed by atoms with Gasteiger partial charge in [0.15, 0.2) is 5.78 Å². The van der Waals surface area contributed by atoms with Crippen molar-refractivity contribution in [3.63, 3.8) is 0 Å². The number of halogens is 3. The first-order valence-corrected chi connectivity index (χ1v) is 8.07. The number of hydrogen-bond acceptors (Lipinski definition) is 2. The van der Waals surface area contributed by atoms with Gasteiger partial charge >= 0.3 is 0 Å². The van der Waals surface area contributed by atoms with Crippen LogP contribution in [-0.4, -0.2) is 12.9 Å². The van der Waals surface area contributed by atoms with Gasteiger partial charge in [-0.15, -0.1) is 0 Å². The molecule has 0 fully saturated rings. The molecule has 0 radical (unpaired) electrons. The first kappa shape index (κ1) is 15.8. The van der Waals surface area contributed by atoms with Crippen molar-refractivity contribution in [3.05, 3.63) is 60.6 Å². The van der Waals surface area contributed by atoms with Crippen molar-refractivity contribution in [3.8, 4) is 5.75 Å². The number of ether oxygens (including phenoxy) is 1. The second-order valence-electron chi connectivity index (χ2n) is 4.18. The zero-order chi connectivity index (χ0) is 14.7. The molecular formula is C15H11BrClIO2. The third kappa shape index (κ3) is 3.74. The van der Waals surface area contributed by atoms with E-state index in [1.807, 2.05) is 24.3 Å². The average Bonchev–Trinajstić information content (AvgIpc) is 2.43. The van der Waals surface area contributed by atoms with E-state index in [0.717, 1.165) is 19.4 Å². The Morgan fingerprint density at radius 3 is 2.75 bits per heavy atom. The van der Waals surface area contributed by atoms with Crippen LogP contribution in [0.3, 0.4) is 0 Å². The molecule has 0 spiro atoms. The van der Waals surface area contributed by atoms with E-state index in [4.69, 9.17) is 16.3 Å². The molecule has 0 aromatic heterocycles. The first-order chi connectivity index (χ1) is 9.51. The van der Waals surface area contributed by atoms with Crippen LogP contribution in [0.15, 0.2) is 40.9 Å². The minimum absolute atomic E-state index is 0.0332. The number of carbonyl (C=O) groups is 1. The molecule has 104 valence electrons. The predicted octanol–water partition coefficient (Wildman–Crippen LogP) is 5.14. The number of rotatable bonds is 4. The fourth-order valence-corrected chi connectivity index (χ4v) is 2.99. The van der Waals surface area contributed by atoms with E-state index in [1.165, 1.54) is 0 Å². The van der Waals surface area contributed by atoms with Crippen LogP contribution in [0.5, 0.6) is 5.75 Å². The van der Waals surface area contributed by atoms with Crippen molar-refractivity contribution in [1.29, 1.82) is 0 Å². The number of carbonyl (C=O) groups excluding carboxylic acids is 1. The van der Waals surface area contributed by atoms with Crippen molar-refractivity contribution in [2.45, 2.75) is 6.42 Å². The maximum atomic E-state index is 12.4. The van der Waals surface area contributed by atoms with E-state index in [2.05, 4.69) is 38.5 Å². The second-order valence-corrected chi connectivity index (χ2v) is 6.63. The Hall–Kier alpha value is -0.590. The van der Waals surface area contributed by atoms with Crippen LogP contribution in [0.2, 0.25) is 5.02 Å². The monoisotopic (exact) mass is 464 g/mol. The molecule has 0 saturated heterocycles. The van der Waals surface area contributed by atoms with Crippen LogP contribution >= 0.6 is 50.1 Å². The van der Waals surface area contributed by atoms with E-state index in [-0.39, 0.29) is 5.78 Å². The Balaban J connectivity index is 2.30. The Morgan fingerprint density at radius 2 is 2.05 bits per heavy atom. The summed E-state index contributed by atoms with van der Waals surface area (Å²) in [5.74, 6) is 0.766. The van der Waals surface area contributed by atoms with Crippen molar-refractivity contribution in [2.75, 3.05) is 7.11 Å². The molecule has 0 aliphatic carbocycles. The molecule has 0 atom stereocenters. The van der Waals surface area contributed by atoms with Crippen molar-refractivity contribution >= 4 is 55.9 Å². The number of hydrogen-bond donors (Lipinski definition) is 0. The molecule has 5 heteroatoms. The maximum Gasteiger partial charge on any atom is 0.168 e. The van der Waals surface area contributed by atoms with Gasteiger partial charge in [-0.1, -0.05) is 27.5 Å². The van der Waals surface area contributed by atoms with Gasteiger partial charge in [0.2, 0.25) is 0 Å². The quantitative estimate of drug-likeness (QED) is 0.462. The standard InChI is InChI=1S/C15H11BrClIO2/c1-20-11-3-4-13(16)9(6-11)7-15(19)12-8-10(17)2-5-14(12)18/h2-6,8H,7H2,1H3. The molecule has 2 rings (SSSR count). The van der Waals surface area contributed by atoms with Gasteiger partial charge in [0.1, 0.15) is 5.75 Å². The van der Waals surface area contributed by atoms with Gasteiger partial charge in [0.25, 0.3) is 0 Å². The zero-order valence-corrected chi connectivity index (χ0v) is 15.1. The lowest BCUT2D eigenvalue weighted by molar-refractivity contribution is 0.0992. The Kier molecular flexibility index (Phi) is 5.46. The van der Waals surface area contributed by atoms with Crippen LogP contribution in [0.25, 0.3) is 0 Å². The molecule has 0 unspecified atom stereocenters. The van der Waals surface area contributed by atoms with E-state index in [0.29, 0.717) is 17.0 Å². The summed E-state index contributed by atoms with van der Waals surface area (Å²) in [5, 5.41) is 0.568. The Labute approximate surface area is 144 Å². The van der Waals surface area contributed by atoms with Gasteiger partial charge in [-0.25, -0.2) is 0 Å². The van der Waals surface area contributed by atoms with Crippen molar-refractivity contribution in [2.24, 2.45) is 0 Å². The third-order valence-corrected chi connectivity index (χ3v) is 4.78. The molecule has 20 heavy (non-hydrogen) atoms. The highest BCUT2D eigenvalue weighted by Crippen LogP contribution is 2.25. The SMILES string of the molecule is COc1ccc(Br)c(CC(=O)c2cc(Cl)ccc2I)c1. The normalized spacial score (nSPS) is 10.4. The van der Waals surface area contributed by atoms with E-state index in [1.54, 1.807) is 19.2 Å². The fraction of sp³-hybridized carbons (Fsp3) is 0.133. The molecule has 0 aliphatic rings. The van der Waals surface area contributed by atoms with E-state index >= 15 is 0 Å². The van der Waals surface area contributed by atoms with E-state index in [9.17, 15) is 4.79 Å². The summed E-state index contributed by atoms with van der Waals surface area (Å²) in [6, 6.07) is 10.9. The molecule has 2 aromatic carbocycles.